The van der Waals surface area contributed by atoms with Crippen LogP contribution >= 0.6 is 34.5 Å². The Labute approximate surface area is 188 Å². The van der Waals surface area contributed by atoms with E-state index >= 15 is 0 Å². The van der Waals surface area contributed by atoms with Gasteiger partial charge in [-0.2, -0.15) is 5.10 Å². The maximum atomic E-state index is 6.35. The Balaban J connectivity index is 1.34. The van der Waals surface area contributed by atoms with E-state index in [4.69, 9.17) is 27.9 Å². The van der Waals surface area contributed by atoms with Crippen LogP contribution in [0.25, 0.3) is 11.3 Å². The first-order valence-electron chi connectivity index (χ1n) is 9.14. The SMILES string of the molecule is Clc1ccc(COc2ccc(C=NNc3nc(-c4ccccc4)cs3)cc2Cl)cc1. The van der Waals surface area contributed by atoms with Gasteiger partial charge in [-0.05, 0) is 41.5 Å². The van der Waals surface area contributed by atoms with Crippen LogP contribution in [-0.2, 0) is 6.61 Å². The molecule has 0 unspecified atom stereocenters. The lowest BCUT2D eigenvalue weighted by molar-refractivity contribution is 0.306. The molecule has 0 aliphatic heterocycles. The standard InChI is InChI=1S/C23H17Cl2N3OS/c24-19-9-6-16(7-10-19)14-29-22-11-8-17(12-20(22)25)13-26-28-23-27-21(15-30-23)18-4-2-1-3-5-18/h1-13,15H,14H2,(H,27,28). The van der Waals surface area contributed by atoms with Gasteiger partial charge in [-0.3, -0.25) is 5.43 Å². The Morgan fingerprint density at radius 3 is 2.57 bits per heavy atom. The summed E-state index contributed by atoms with van der Waals surface area (Å²) in [6.07, 6.45) is 1.69. The van der Waals surface area contributed by atoms with Gasteiger partial charge in [0.05, 0.1) is 16.9 Å². The summed E-state index contributed by atoms with van der Waals surface area (Å²) in [7, 11) is 0. The molecule has 0 aliphatic carbocycles. The van der Waals surface area contributed by atoms with Crippen molar-refractivity contribution in [2.75, 3.05) is 5.43 Å². The van der Waals surface area contributed by atoms with E-state index in [-0.39, 0.29) is 0 Å². The van der Waals surface area contributed by atoms with Crippen LogP contribution in [0.5, 0.6) is 5.75 Å². The van der Waals surface area contributed by atoms with E-state index in [0.29, 0.717) is 22.4 Å². The number of benzene rings is 3. The van der Waals surface area contributed by atoms with Gasteiger partial charge < -0.3 is 4.74 Å². The molecule has 0 aliphatic rings. The van der Waals surface area contributed by atoms with Crippen molar-refractivity contribution in [3.8, 4) is 17.0 Å². The first kappa shape index (κ1) is 20.4. The third-order valence-electron chi connectivity index (χ3n) is 4.21. The lowest BCUT2D eigenvalue weighted by atomic mass is 10.2. The average molecular weight is 454 g/mol. The van der Waals surface area contributed by atoms with Crippen LogP contribution in [-0.4, -0.2) is 11.2 Å². The van der Waals surface area contributed by atoms with Crippen LogP contribution in [0.2, 0.25) is 10.0 Å². The molecule has 0 amide bonds. The molecule has 0 fully saturated rings. The molecule has 7 heteroatoms. The molecule has 150 valence electrons. The molecule has 1 aromatic heterocycles. The Hall–Kier alpha value is -2.86. The van der Waals surface area contributed by atoms with Crippen molar-refractivity contribution in [1.29, 1.82) is 0 Å². The smallest absolute Gasteiger partial charge is 0.203 e. The number of nitrogens with zero attached hydrogens (tertiary/aromatic N) is 2. The number of hydrazone groups is 1. The molecule has 0 saturated heterocycles. The fraction of sp³-hybridized carbons (Fsp3) is 0.0435. The van der Waals surface area contributed by atoms with Crippen LogP contribution in [0.1, 0.15) is 11.1 Å². The summed E-state index contributed by atoms with van der Waals surface area (Å²) >= 11 is 13.7. The Bertz CT molecular complexity index is 1140. The first-order chi connectivity index (χ1) is 14.7. The van der Waals surface area contributed by atoms with Crippen LogP contribution in [0.15, 0.2) is 83.3 Å². The molecule has 1 N–H and O–H groups in total. The van der Waals surface area contributed by atoms with Crippen molar-refractivity contribution in [3.63, 3.8) is 0 Å². The summed E-state index contributed by atoms with van der Waals surface area (Å²) in [5, 5.41) is 8.19. The normalized spacial score (nSPS) is 11.0. The Morgan fingerprint density at radius 2 is 1.80 bits per heavy atom. The summed E-state index contributed by atoms with van der Waals surface area (Å²) in [5.41, 5.74) is 6.83. The average Bonchev–Trinajstić information content (AvgIpc) is 3.24. The van der Waals surface area contributed by atoms with Crippen LogP contribution < -0.4 is 10.2 Å². The van der Waals surface area contributed by atoms with Crippen molar-refractivity contribution in [3.05, 3.63) is 99.3 Å². The maximum Gasteiger partial charge on any atom is 0.203 e. The van der Waals surface area contributed by atoms with E-state index in [1.165, 1.54) is 11.3 Å². The number of nitrogens with one attached hydrogen (secondary N) is 1. The van der Waals surface area contributed by atoms with Crippen LogP contribution in [0, 0.1) is 0 Å². The zero-order valence-electron chi connectivity index (χ0n) is 15.8. The molecule has 0 spiro atoms. The van der Waals surface area contributed by atoms with E-state index in [9.17, 15) is 0 Å². The predicted octanol–water partition coefficient (Wildman–Crippen LogP) is 7.14. The molecule has 4 nitrogen and oxygen atoms in total. The topological polar surface area (TPSA) is 46.5 Å². The molecule has 4 aromatic rings. The summed E-state index contributed by atoms with van der Waals surface area (Å²) in [5.74, 6) is 0.615. The molecular weight excluding hydrogens is 437 g/mol. The molecule has 3 aromatic carbocycles. The second-order valence-electron chi connectivity index (χ2n) is 6.38. The number of thiazole rings is 1. The third kappa shape index (κ3) is 5.39. The van der Waals surface area contributed by atoms with E-state index < -0.39 is 0 Å². The van der Waals surface area contributed by atoms with Crippen LogP contribution in [0.3, 0.4) is 0 Å². The van der Waals surface area contributed by atoms with Gasteiger partial charge in [-0.1, -0.05) is 65.7 Å². The molecule has 30 heavy (non-hydrogen) atoms. The minimum atomic E-state index is 0.416. The molecule has 1 heterocycles. The van der Waals surface area contributed by atoms with Crippen molar-refractivity contribution in [2.45, 2.75) is 6.61 Å². The number of hydrogen-bond donors (Lipinski definition) is 1. The van der Waals surface area contributed by atoms with Crippen molar-refractivity contribution in [1.82, 2.24) is 4.98 Å². The molecule has 0 atom stereocenters. The van der Waals surface area contributed by atoms with Gasteiger partial charge in [0.2, 0.25) is 5.13 Å². The minimum Gasteiger partial charge on any atom is -0.487 e. The summed E-state index contributed by atoms with van der Waals surface area (Å²) in [6, 6.07) is 23.1. The molecule has 4 rings (SSSR count). The lowest BCUT2D eigenvalue weighted by Gasteiger charge is -2.08. The van der Waals surface area contributed by atoms with Gasteiger partial charge >= 0.3 is 0 Å². The Morgan fingerprint density at radius 1 is 1.00 bits per heavy atom. The fourth-order valence-corrected chi connectivity index (χ4v) is 3.72. The molecule has 0 saturated carbocycles. The quantitative estimate of drug-likeness (QED) is 0.238. The van der Waals surface area contributed by atoms with Crippen molar-refractivity contribution in [2.24, 2.45) is 5.10 Å². The van der Waals surface area contributed by atoms with E-state index in [1.807, 2.05) is 72.1 Å². The molecule has 0 bridgehead atoms. The summed E-state index contributed by atoms with van der Waals surface area (Å²) < 4.78 is 5.79. The van der Waals surface area contributed by atoms with E-state index in [2.05, 4.69) is 15.5 Å². The third-order valence-corrected chi connectivity index (χ3v) is 5.51. The number of hydrogen-bond acceptors (Lipinski definition) is 5. The minimum absolute atomic E-state index is 0.416. The highest BCUT2D eigenvalue weighted by molar-refractivity contribution is 7.14. The number of rotatable bonds is 7. The van der Waals surface area contributed by atoms with Gasteiger partial charge in [0.25, 0.3) is 0 Å². The van der Waals surface area contributed by atoms with Gasteiger partial charge in [0.15, 0.2) is 0 Å². The first-order valence-corrected chi connectivity index (χ1v) is 10.8. The predicted molar refractivity (Wildman–Crippen MR) is 126 cm³/mol. The van der Waals surface area contributed by atoms with E-state index in [0.717, 1.165) is 27.5 Å². The second-order valence-corrected chi connectivity index (χ2v) is 8.08. The number of aromatic nitrogens is 1. The van der Waals surface area contributed by atoms with Crippen LogP contribution in [0.4, 0.5) is 5.13 Å². The highest BCUT2D eigenvalue weighted by Crippen LogP contribution is 2.27. The highest BCUT2D eigenvalue weighted by atomic mass is 35.5. The number of anilines is 1. The maximum absolute atomic E-state index is 6.35. The number of halogens is 2. The lowest BCUT2D eigenvalue weighted by Crippen LogP contribution is -1.96. The fourth-order valence-electron chi connectivity index (χ4n) is 2.68. The van der Waals surface area contributed by atoms with Gasteiger partial charge in [0, 0.05) is 16.0 Å². The Kier molecular flexibility index (Phi) is 6.64. The van der Waals surface area contributed by atoms with Gasteiger partial charge in [-0.25, -0.2) is 4.98 Å². The number of ether oxygens (including phenoxy) is 1. The monoisotopic (exact) mass is 453 g/mol. The summed E-state index contributed by atoms with van der Waals surface area (Å²) in [4.78, 5) is 4.54. The molecular formula is C23H17Cl2N3OS. The van der Waals surface area contributed by atoms with Crippen molar-refractivity contribution >= 4 is 45.9 Å². The molecule has 0 radical (unpaired) electrons. The van der Waals surface area contributed by atoms with Gasteiger partial charge in [0.1, 0.15) is 12.4 Å². The van der Waals surface area contributed by atoms with Gasteiger partial charge in [-0.15, -0.1) is 11.3 Å². The zero-order valence-corrected chi connectivity index (χ0v) is 18.1. The second kappa shape index (κ2) is 9.76. The van der Waals surface area contributed by atoms with Crippen molar-refractivity contribution < 1.29 is 4.74 Å². The largest absolute Gasteiger partial charge is 0.487 e. The summed E-state index contributed by atoms with van der Waals surface area (Å²) in [6.45, 7) is 0.416. The zero-order chi connectivity index (χ0) is 20.8. The van der Waals surface area contributed by atoms with E-state index in [1.54, 1.807) is 12.3 Å². The highest BCUT2D eigenvalue weighted by Gasteiger charge is 2.05.